The van der Waals surface area contributed by atoms with Gasteiger partial charge in [0.25, 0.3) is 0 Å². The van der Waals surface area contributed by atoms with Gasteiger partial charge in [-0.15, -0.1) is 0 Å². The molecule has 0 spiro atoms. The fourth-order valence-corrected chi connectivity index (χ4v) is 2.55. The van der Waals surface area contributed by atoms with E-state index in [1.165, 1.54) is 0 Å². The molecule has 1 saturated heterocycles. The molecule has 1 atom stereocenters. The molecule has 1 aromatic carbocycles. The molecule has 1 amide bonds. The van der Waals surface area contributed by atoms with Gasteiger partial charge in [-0.3, -0.25) is 9.59 Å². The van der Waals surface area contributed by atoms with Gasteiger partial charge in [-0.25, -0.2) is 0 Å². The molecule has 4 nitrogen and oxygen atoms in total. The second-order valence-electron chi connectivity index (χ2n) is 4.72. The first kappa shape index (κ1) is 13.9. The van der Waals surface area contributed by atoms with Crippen molar-refractivity contribution in [1.29, 1.82) is 0 Å². The number of ether oxygens (including phenoxy) is 1. The molecule has 1 aromatic rings. The third-order valence-electron chi connectivity index (χ3n) is 3.37. The zero-order chi connectivity index (χ0) is 13.9. The lowest BCUT2D eigenvalue weighted by Gasteiger charge is -2.26. The van der Waals surface area contributed by atoms with Gasteiger partial charge in [0.15, 0.2) is 0 Å². The van der Waals surface area contributed by atoms with Gasteiger partial charge in [-0.2, -0.15) is 0 Å². The monoisotopic (exact) mass is 281 g/mol. The van der Waals surface area contributed by atoms with Crippen molar-refractivity contribution in [1.82, 2.24) is 5.32 Å². The molecule has 2 rings (SSSR count). The lowest BCUT2D eigenvalue weighted by atomic mass is 9.77. The molecule has 102 valence electrons. The van der Waals surface area contributed by atoms with Crippen LogP contribution in [-0.2, 0) is 19.7 Å². The number of benzene rings is 1. The van der Waals surface area contributed by atoms with Crippen LogP contribution in [0, 0.1) is 0 Å². The molecule has 1 unspecified atom stereocenters. The Morgan fingerprint density at radius 2 is 2.11 bits per heavy atom. The van der Waals surface area contributed by atoms with Crippen molar-refractivity contribution in [2.45, 2.75) is 25.2 Å². The van der Waals surface area contributed by atoms with Crippen molar-refractivity contribution in [2.75, 3.05) is 13.2 Å². The molecule has 0 radical (unpaired) electrons. The van der Waals surface area contributed by atoms with Gasteiger partial charge in [-0.05, 0) is 24.6 Å². The number of rotatable bonds is 4. The first-order chi connectivity index (χ1) is 9.05. The molecule has 0 aliphatic carbocycles. The van der Waals surface area contributed by atoms with Gasteiger partial charge in [0.2, 0.25) is 5.91 Å². The summed E-state index contributed by atoms with van der Waals surface area (Å²) in [7, 11) is 0. The predicted molar refractivity (Wildman–Crippen MR) is 72.0 cm³/mol. The largest absolute Gasteiger partial charge is 0.466 e. The first-order valence-electron chi connectivity index (χ1n) is 6.24. The lowest BCUT2D eigenvalue weighted by molar-refractivity contribution is -0.144. The van der Waals surface area contributed by atoms with E-state index in [1.807, 2.05) is 12.1 Å². The van der Waals surface area contributed by atoms with Gasteiger partial charge in [-0.1, -0.05) is 23.7 Å². The summed E-state index contributed by atoms with van der Waals surface area (Å²) in [5, 5.41) is 3.42. The van der Waals surface area contributed by atoms with Crippen LogP contribution in [0.4, 0.5) is 0 Å². The van der Waals surface area contributed by atoms with Crippen molar-refractivity contribution < 1.29 is 14.3 Å². The summed E-state index contributed by atoms with van der Waals surface area (Å²) in [4.78, 5) is 23.3. The minimum absolute atomic E-state index is 0.0424. The van der Waals surface area contributed by atoms with E-state index in [0.29, 0.717) is 24.6 Å². The van der Waals surface area contributed by atoms with Gasteiger partial charge >= 0.3 is 5.97 Å². The van der Waals surface area contributed by atoms with Crippen molar-refractivity contribution in [3.8, 4) is 0 Å². The molecular weight excluding hydrogens is 266 g/mol. The Balaban J connectivity index is 2.27. The maximum absolute atomic E-state index is 11.8. The van der Waals surface area contributed by atoms with Crippen LogP contribution >= 0.6 is 11.6 Å². The number of carbonyl (C=O) groups excluding carboxylic acids is 2. The summed E-state index contributed by atoms with van der Waals surface area (Å²) in [6.45, 7) is 2.56. The molecule has 19 heavy (non-hydrogen) atoms. The quantitative estimate of drug-likeness (QED) is 0.860. The second-order valence-corrected chi connectivity index (χ2v) is 5.16. The van der Waals surface area contributed by atoms with Gasteiger partial charge in [0, 0.05) is 23.4 Å². The molecule has 1 fully saturated rings. The van der Waals surface area contributed by atoms with Crippen LogP contribution in [0.1, 0.15) is 25.3 Å². The van der Waals surface area contributed by atoms with Crippen LogP contribution in [0.3, 0.4) is 0 Å². The van der Waals surface area contributed by atoms with E-state index in [-0.39, 0.29) is 18.3 Å². The summed E-state index contributed by atoms with van der Waals surface area (Å²) in [6.07, 6.45) is 0.495. The summed E-state index contributed by atoms with van der Waals surface area (Å²) < 4.78 is 5.01. The van der Waals surface area contributed by atoms with Crippen molar-refractivity contribution in [3.05, 3.63) is 34.9 Å². The number of hydrogen-bond donors (Lipinski definition) is 1. The Morgan fingerprint density at radius 3 is 2.63 bits per heavy atom. The summed E-state index contributed by atoms with van der Waals surface area (Å²) in [5.41, 5.74) is 0.414. The molecule has 0 aromatic heterocycles. The van der Waals surface area contributed by atoms with Gasteiger partial charge < -0.3 is 10.1 Å². The van der Waals surface area contributed by atoms with Gasteiger partial charge in [0.05, 0.1) is 13.0 Å². The highest BCUT2D eigenvalue weighted by Crippen LogP contribution is 2.35. The normalized spacial score (nSPS) is 22.1. The Hall–Kier alpha value is -1.55. The highest BCUT2D eigenvalue weighted by Gasteiger charge is 2.42. The van der Waals surface area contributed by atoms with Crippen LogP contribution in [0.15, 0.2) is 24.3 Å². The Morgan fingerprint density at radius 1 is 1.42 bits per heavy atom. The number of esters is 1. The standard InChI is InChI=1S/C14H16ClNO3/c1-2-19-13(18)8-14(7-12(17)16-9-14)10-3-5-11(15)6-4-10/h3-6H,2,7-9H2,1H3,(H,16,17). The van der Waals surface area contributed by atoms with E-state index in [9.17, 15) is 9.59 Å². The Kier molecular flexibility index (Phi) is 4.10. The average molecular weight is 282 g/mol. The summed E-state index contributed by atoms with van der Waals surface area (Å²) in [6, 6.07) is 7.27. The molecule has 1 heterocycles. The fourth-order valence-electron chi connectivity index (χ4n) is 2.42. The maximum atomic E-state index is 11.8. The van der Waals surface area contributed by atoms with Gasteiger partial charge in [0.1, 0.15) is 0 Å². The smallest absolute Gasteiger partial charge is 0.306 e. The summed E-state index contributed by atoms with van der Waals surface area (Å²) >= 11 is 5.87. The number of halogens is 1. The maximum Gasteiger partial charge on any atom is 0.306 e. The first-order valence-corrected chi connectivity index (χ1v) is 6.62. The van der Waals surface area contributed by atoms with Crippen LogP contribution in [0.25, 0.3) is 0 Å². The zero-order valence-corrected chi connectivity index (χ0v) is 11.5. The number of carbonyl (C=O) groups is 2. The highest BCUT2D eigenvalue weighted by atomic mass is 35.5. The lowest BCUT2D eigenvalue weighted by Crippen LogP contribution is -2.32. The van der Waals surface area contributed by atoms with Crippen molar-refractivity contribution >= 4 is 23.5 Å². The number of amides is 1. The zero-order valence-electron chi connectivity index (χ0n) is 10.7. The molecule has 1 N–H and O–H groups in total. The Labute approximate surface area is 117 Å². The number of hydrogen-bond acceptors (Lipinski definition) is 3. The van der Waals surface area contributed by atoms with E-state index in [2.05, 4.69) is 5.32 Å². The highest BCUT2D eigenvalue weighted by molar-refractivity contribution is 6.30. The third-order valence-corrected chi connectivity index (χ3v) is 3.62. The minimum atomic E-state index is -0.520. The van der Waals surface area contributed by atoms with E-state index in [4.69, 9.17) is 16.3 Å². The van der Waals surface area contributed by atoms with Crippen molar-refractivity contribution in [3.63, 3.8) is 0 Å². The predicted octanol–water partition coefficient (Wildman–Crippen LogP) is 2.05. The molecular formula is C14H16ClNO3. The van der Waals surface area contributed by atoms with Crippen LogP contribution in [0.2, 0.25) is 5.02 Å². The van der Waals surface area contributed by atoms with E-state index in [0.717, 1.165) is 5.56 Å². The molecule has 1 aliphatic rings. The van der Waals surface area contributed by atoms with E-state index >= 15 is 0 Å². The Bertz CT molecular complexity index is 486. The molecule has 0 saturated carbocycles. The van der Waals surface area contributed by atoms with Crippen molar-refractivity contribution in [2.24, 2.45) is 0 Å². The van der Waals surface area contributed by atoms with Crippen LogP contribution < -0.4 is 5.32 Å². The molecule has 5 heteroatoms. The van der Waals surface area contributed by atoms with E-state index in [1.54, 1.807) is 19.1 Å². The fraction of sp³-hybridized carbons (Fsp3) is 0.429. The molecule has 0 bridgehead atoms. The minimum Gasteiger partial charge on any atom is -0.466 e. The topological polar surface area (TPSA) is 55.4 Å². The summed E-state index contributed by atoms with van der Waals surface area (Å²) in [5.74, 6) is -0.326. The average Bonchev–Trinajstić information content (AvgIpc) is 2.73. The van der Waals surface area contributed by atoms with Crippen LogP contribution in [-0.4, -0.2) is 25.0 Å². The van der Waals surface area contributed by atoms with Crippen LogP contribution in [0.5, 0.6) is 0 Å². The third kappa shape index (κ3) is 3.07. The van der Waals surface area contributed by atoms with E-state index < -0.39 is 5.41 Å². The molecule has 1 aliphatic heterocycles. The second kappa shape index (κ2) is 5.61. The number of nitrogens with one attached hydrogen (secondary N) is 1. The SMILES string of the molecule is CCOC(=O)CC1(c2ccc(Cl)cc2)CNC(=O)C1.